The fourth-order valence-electron chi connectivity index (χ4n) is 2.02. The van der Waals surface area contributed by atoms with Gasteiger partial charge in [-0.2, -0.15) is 0 Å². The third-order valence-electron chi connectivity index (χ3n) is 3.03. The molecule has 0 aliphatic carbocycles. The zero-order valence-corrected chi connectivity index (χ0v) is 12.4. The number of ether oxygens (including phenoxy) is 1. The minimum atomic E-state index is -1.07. The number of rotatable bonds is 4. The summed E-state index contributed by atoms with van der Waals surface area (Å²) in [5.74, 6) is -1.13. The number of aryl methyl sites for hydroxylation is 1. The zero-order valence-electron chi connectivity index (χ0n) is 12.4. The first-order chi connectivity index (χ1) is 10.5. The molecule has 2 rings (SSSR count). The molecule has 0 aliphatic heterocycles. The second kappa shape index (κ2) is 6.76. The predicted molar refractivity (Wildman–Crippen MR) is 82.4 cm³/mol. The number of nitrogens with one attached hydrogen (secondary N) is 1. The summed E-state index contributed by atoms with van der Waals surface area (Å²) in [6.07, 6.45) is -1.07. The van der Waals surface area contributed by atoms with Crippen LogP contribution in [0.2, 0.25) is 0 Å². The summed E-state index contributed by atoms with van der Waals surface area (Å²) >= 11 is 0. The Balaban J connectivity index is 2.26. The van der Waals surface area contributed by atoms with Crippen molar-refractivity contribution >= 4 is 17.6 Å². The van der Waals surface area contributed by atoms with Crippen molar-refractivity contribution in [3.8, 4) is 5.75 Å². The Morgan fingerprint density at radius 2 is 1.82 bits per heavy atom. The summed E-state index contributed by atoms with van der Waals surface area (Å²) in [6.45, 7) is 3.09. The molecule has 1 unspecified atom stereocenters. The number of anilines is 1. The third kappa shape index (κ3) is 3.85. The molecule has 0 spiro atoms. The second-order valence-corrected chi connectivity index (χ2v) is 4.91. The van der Waals surface area contributed by atoms with Crippen molar-refractivity contribution in [2.45, 2.75) is 20.0 Å². The Hall–Kier alpha value is -2.82. The van der Waals surface area contributed by atoms with Gasteiger partial charge in [-0.25, -0.2) is 0 Å². The third-order valence-corrected chi connectivity index (χ3v) is 3.03. The van der Waals surface area contributed by atoms with Gasteiger partial charge in [0.05, 0.1) is 5.69 Å². The van der Waals surface area contributed by atoms with E-state index in [1.54, 1.807) is 42.5 Å². The van der Waals surface area contributed by atoms with Crippen molar-refractivity contribution in [1.82, 2.24) is 0 Å². The van der Waals surface area contributed by atoms with Gasteiger partial charge in [-0.1, -0.05) is 36.4 Å². The smallest absolute Gasteiger partial charge is 0.303 e. The number of benzene rings is 2. The van der Waals surface area contributed by atoms with Crippen LogP contribution in [-0.4, -0.2) is 17.0 Å². The first kappa shape index (κ1) is 15.6. The molecule has 0 aliphatic rings. The van der Waals surface area contributed by atoms with E-state index in [2.05, 4.69) is 5.32 Å². The van der Waals surface area contributed by atoms with Crippen LogP contribution in [0.5, 0.6) is 5.75 Å². The molecule has 114 valence electrons. The predicted octanol–water partition coefficient (Wildman–Crippen LogP) is 2.94. The lowest BCUT2D eigenvalue weighted by Gasteiger charge is -2.17. The Bertz CT molecular complexity index is 682. The van der Waals surface area contributed by atoms with Crippen LogP contribution in [0.3, 0.4) is 0 Å². The van der Waals surface area contributed by atoms with Gasteiger partial charge >= 0.3 is 5.97 Å². The van der Waals surface area contributed by atoms with Gasteiger partial charge in [0.15, 0.2) is 0 Å². The van der Waals surface area contributed by atoms with Crippen LogP contribution in [0.1, 0.15) is 24.2 Å². The molecule has 2 N–H and O–H groups in total. The summed E-state index contributed by atoms with van der Waals surface area (Å²) in [5.41, 5.74) is 1.72. The normalized spacial score (nSPS) is 11.5. The molecule has 5 heteroatoms. The van der Waals surface area contributed by atoms with Crippen LogP contribution < -0.4 is 5.32 Å². The fourth-order valence-corrected chi connectivity index (χ4v) is 2.02. The number of hydrogen-bond donors (Lipinski definition) is 2. The maximum absolute atomic E-state index is 12.4. The molecule has 1 atom stereocenters. The largest absolute Gasteiger partial charge is 0.506 e. The Morgan fingerprint density at radius 1 is 1.14 bits per heavy atom. The van der Waals surface area contributed by atoms with Gasteiger partial charge in [0, 0.05) is 12.5 Å². The van der Waals surface area contributed by atoms with E-state index in [1.165, 1.54) is 13.0 Å². The molecule has 0 bridgehead atoms. The second-order valence-electron chi connectivity index (χ2n) is 4.91. The summed E-state index contributed by atoms with van der Waals surface area (Å²) in [7, 11) is 0. The minimum absolute atomic E-state index is 0.0476. The van der Waals surface area contributed by atoms with Gasteiger partial charge in [0.1, 0.15) is 5.75 Å². The van der Waals surface area contributed by atoms with Gasteiger partial charge in [0.2, 0.25) is 6.10 Å². The van der Waals surface area contributed by atoms with Crippen molar-refractivity contribution in [3.05, 3.63) is 59.7 Å². The summed E-state index contributed by atoms with van der Waals surface area (Å²) in [6, 6.07) is 13.6. The van der Waals surface area contributed by atoms with E-state index in [0.717, 1.165) is 5.56 Å². The van der Waals surface area contributed by atoms with Gasteiger partial charge in [-0.15, -0.1) is 0 Å². The molecular formula is C17H17NO4. The van der Waals surface area contributed by atoms with E-state index in [9.17, 15) is 14.7 Å². The van der Waals surface area contributed by atoms with Crippen molar-refractivity contribution in [3.63, 3.8) is 0 Å². The molecule has 0 aromatic heterocycles. The van der Waals surface area contributed by atoms with Crippen molar-refractivity contribution in [2.24, 2.45) is 0 Å². The number of carbonyl (C=O) groups is 2. The van der Waals surface area contributed by atoms with Crippen LogP contribution in [-0.2, 0) is 14.3 Å². The van der Waals surface area contributed by atoms with Crippen molar-refractivity contribution in [1.29, 1.82) is 0 Å². The molecule has 0 radical (unpaired) electrons. The molecule has 2 aromatic carbocycles. The van der Waals surface area contributed by atoms with E-state index in [-0.39, 0.29) is 11.4 Å². The van der Waals surface area contributed by atoms with Crippen LogP contribution in [0, 0.1) is 6.92 Å². The number of amides is 1. The van der Waals surface area contributed by atoms with Crippen LogP contribution >= 0.6 is 0 Å². The molecule has 2 aromatic rings. The van der Waals surface area contributed by atoms with Gasteiger partial charge in [0.25, 0.3) is 5.91 Å². The standard InChI is InChI=1S/C17H17NO4/c1-11-8-9-15(20)14(10-11)18-17(21)16(22-12(2)19)13-6-4-3-5-7-13/h3-10,16,20H,1-2H3,(H,18,21). The first-order valence-corrected chi connectivity index (χ1v) is 6.80. The maximum atomic E-state index is 12.4. The number of phenolic OH excluding ortho intramolecular Hbond substituents is 1. The summed E-state index contributed by atoms with van der Waals surface area (Å²) < 4.78 is 5.11. The zero-order chi connectivity index (χ0) is 16.1. The number of hydrogen-bond acceptors (Lipinski definition) is 4. The number of esters is 1. The van der Waals surface area contributed by atoms with E-state index in [4.69, 9.17) is 4.74 Å². The molecule has 0 heterocycles. The summed E-state index contributed by atoms with van der Waals surface area (Å²) in [4.78, 5) is 23.7. The van der Waals surface area contributed by atoms with E-state index in [0.29, 0.717) is 5.56 Å². The Kier molecular flexibility index (Phi) is 4.78. The highest BCUT2D eigenvalue weighted by molar-refractivity contribution is 5.97. The molecule has 5 nitrogen and oxygen atoms in total. The molecule has 0 saturated carbocycles. The lowest BCUT2D eigenvalue weighted by Crippen LogP contribution is -2.25. The van der Waals surface area contributed by atoms with E-state index < -0.39 is 18.0 Å². The highest BCUT2D eigenvalue weighted by atomic mass is 16.5. The highest BCUT2D eigenvalue weighted by Gasteiger charge is 2.24. The fraction of sp³-hybridized carbons (Fsp3) is 0.176. The average molecular weight is 299 g/mol. The first-order valence-electron chi connectivity index (χ1n) is 6.80. The molecule has 22 heavy (non-hydrogen) atoms. The number of carbonyl (C=O) groups excluding carboxylic acids is 2. The molecule has 0 saturated heterocycles. The highest BCUT2D eigenvalue weighted by Crippen LogP contribution is 2.26. The van der Waals surface area contributed by atoms with E-state index >= 15 is 0 Å². The van der Waals surface area contributed by atoms with Gasteiger partial charge in [-0.3, -0.25) is 9.59 Å². The van der Waals surface area contributed by atoms with Crippen molar-refractivity contribution < 1.29 is 19.4 Å². The monoisotopic (exact) mass is 299 g/mol. The van der Waals surface area contributed by atoms with Crippen molar-refractivity contribution in [2.75, 3.05) is 5.32 Å². The minimum Gasteiger partial charge on any atom is -0.506 e. The van der Waals surface area contributed by atoms with Crippen LogP contribution in [0.4, 0.5) is 5.69 Å². The lowest BCUT2D eigenvalue weighted by atomic mass is 10.1. The van der Waals surface area contributed by atoms with E-state index in [1.807, 2.05) is 6.92 Å². The number of aromatic hydroxyl groups is 1. The number of phenols is 1. The molecule has 0 fully saturated rings. The quantitative estimate of drug-likeness (QED) is 0.672. The van der Waals surface area contributed by atoms with Crippen LogP contribution in [0.15, 0.2) is 48.5 Å². The van der Waals surface area contributed by atoms with Gasteiger partial charge < -0.3 is 15.2 Å². The average Bonchev–Trinajstić information content (AvgIpc) is 2.49. The lowest BCUT2D eigenvalue weighted by molar-refractivity contribution is -0.152. The maximum Gasteiger partial charge on any atom is 0.303 e. The summed E-state index contributed by atoms with van der Waals surface area (Å²) in [5, 5.41) is 12.4. The molecular weight excluding hydrogens is 282 g/mol. The van der Waals surface area contributed by atoms with Gasteiger partial charge in [-0.05, 0) is 24.6 Å². The SMILES string of the molecule is CC(=O)OC(C(=O)Nc1cc(C)ccc1O)c1ccccc1. The Morgan fingerprint density at radius 3 is 2.45 bits per heavy atom. The topological polar surface area (TPSA) is 75.6 Å². The van der Waals surface area contributed by atoms with Crippen LogP contribution in [0.25, 0.3) is 0 Å². The Labute approximate surface area is 128 Å². The molecule has 1 amide bonds.